The summed E-state index contributed by atoms with van der Waals surface area (Å²) in [7, 11) is -1.95. The lowest BCUT2D eigenvalue weighted by Crippen LogP contribution is -2.03. The lowest BCUT2D eigenvalue weighted by molar-refractivity contribution is 0.0599. The van der Waals surface area contributed by atoms with E-state index in [1.165, 1.54) is 19.2 Å². The molecule has 3 aromatic rings. The van der Waals surface area contributed by atoms with Gasteiger partial charge in [0, 0.05) is 12.3 Å². The van der Waals surface area contributed by atoms with Crippen LogP contribution in [0, 0.1) is 0 Å². The molecule has 0 unspecified atom stereocenters. The predicted octanol–water partition coefficient (Wildman–Crippen LogP) is 4.25. The van der Waals surface area contributed by atoms with Gasteiger partial charge in [0.1, 0.15) is 23.9 Å². The van der Waals surface area contributed by atoms with Gasteiger partial charge in [0.05, 0.1) is 17.6 Å². The smallest absolute Gasteiger partial charge is 0.338 e. The van der Waals surface area contributed by atoms with E-state index in [9.17, 15) is 13.2 Å². The molecule has 0 spiro atoms. The molecule has 0 amide bonds. The fourth-order valence-electron chi connectivity index (χ4n) is 2.57. The van der Waals surface area contributed by atoms with E-state index in [1.807, 2.05) is 18.2 Å². The molecule has 3 aromatic carbocycles. The van der Waals surface area contributed by atoms with Crippen molar-refractivity contribution in [3.05, 3.63) is 83.9 Å². The molecule has 3 rings (SSSR count). The molecule has 0 aliphatic rings. The van der Waals surface area contributed by atoms with Gasteiger partial charge in [-0.1, -0.05) is 30.3 Å². The molecule has 0 N–H and O–H groups in total. The summed E-state index contributed by atoms with van der Waals surface area (Å²) in [6.07, 6.45) is 1.16. The third kappa shape index (κ3) is 5.58. The lowest BCUT2D eigenvalue weighted by Gasteiger charge is -2.12. The van der Waals surface area contributed by atoms with Gasteiger partial charge in [-0.25, -0.2) is 13.2 Å². The van der Waals surface area contributed by atoms with Crippen molar-refractivity contribution in [1.29, 1.82) is 0 Å². The number of rotatable bonds is 7. The summed E-state index contributed by atoms with van der Waals surface area (Å²) in [5.74, 6) is 0.968. The van der Waals surface area contributed by atoms with Gasteiger partial charge in [0.25, 0.3) is 0 Å². The second-order valence-electron chi connectivity index (χ2n) is 6.30. The zero-order chi connectivity index (χ0) is 20.9. The van der Waals surface area contributed by atoms with E-state index in [1.54, 1.807) is 42.5 Å². The largest absolute Gasteiger partial charge is 0.489 e. The molecule has 0 fully saturated rings. The van der Waals surface area contributed by atoms with Crippen LogP contribution in [0.1, 0.15) is 15.9 Å². The summed E-state index contributed by atoms with van der Waals surface area (Å²) >= 11 is 0. The number of sulfone groups is 1. The molecule has 150 valence electrons. The number of hydrogen-bond acceptors (Lipinski definition) is 6. The number of methoxy groups -OCH3 is 1. The van der Waals surface area contributed by atoms with Crippen LogP contribution in [0.5, 0.6) is 17.2 Å². The minimum absolute atomic E-state index is 0.194. The highest BCUT2D eigenvalue weighted by Gasteiger charge is 2.12. The van der Waals surface area contributed by atoms with E-state index in [2.05, 4.69) is 0 Å². The normalized spacial score (nSPS) is 11.0. The molecular formula is C22H20O6S. The fourth-order valence-corrected chi connectivity index (χ4v) is 3.20. The first kappa shape index (κ1) is 20.4. The van der Waals surface area contributed by atoms with E-state index in [-0.39, 0.29) is 11.5 Å². The summed E-state index contributed by atoms with van der Waals surface area (Å²) in [6, 6.07) is 20.4. The van der Waals surface area contributed by atoms with Crippen LogP contribution in [0.4, 0.5) is 0 Å². The maximum absolute atomic E-state index is 12.0. The Bertz CT molecular complexity index is 1090. The van der Waals surface area contributed by atoms with Crippen LogP contribution in [-0.2, 0) is 21.2 Å². The number of hydrogen-bond donors (Lipinski definition) is 0. The van der Waals surface area contributed by atoms with E-state index in [0.29, 0.717) is 22.8 Å². The van der Waals surface area contributed by atoms with Crippen molar-refractivity contribution in [2.75, 3.05) is 13.4 Å². The SMILES string of the molecule is COC(=O)c1cc(OCc2ccc(S(C)(=O)=O)cc2)cc(Oc2ccccc2)c1. The summed E-state index contributed by atoms with van der Waals surface area (Å²) < 4.78 is 39.5. The number of benzene rings is 3. The Balaban J connectivity index is 1.80. The van der Waals surface area contributed by atoms with Crippen molar-refractivity contribution >= 4 is 15.8 Å². The number of ether oxygens (including phenoxy) is 3. The van der Waals surface area contributed by atoms with Crippen molar-refractivity contribution < 1.29 is 27.4 Å². The van der Waals surface area contributed by atoms with Crippen LogP contribution >= 0.6 is 0 Å². The third-order valence-electron chi connectivity index (χ3n) is 4.04. The van der Waals surface area contributed by atoms with Gasteiger partial charge in [0.15, 0.2) is 9.84 Å². The number of carbonyl (C=O) groups is 1. The van der Waals surface area contributed by atoms with Crippen molar-refractivity contribution in [1.82, 2.24) is 0 Å². The molecule has 6 nitrogen and oxygen atoms in total. The fraction of sp³-hybridized carbons (Fsp3) is 0.136. The average Bonchev–Trinajstić information content (AvgIpc) is 2.72. The highest BCUT2D eigenvalue weighted by molar-refractivity contribution is 7.90. The topological polar surface area (TPSA) is 78.9 Å². The summed E-state index contributed by atoms with van der Waals surface area (Å²) in [5.41, 5.74) is 1.08. The predicted molar refractivity (Wildman–Crippen MR) is 108 cm³/mol. The van der Waals surface area contributed by atoms with Crippen molar-refractivity contribution in [3.8, 4) is 17.2 Å². The molecule has 0 atom stereocenters. The second kappa shape index (κ2) is 8.79. The van der Waals surface area contributed by atoms with E-state index >= 15 is 0 Å². The minimum atomic E-state index is -3.25. The molecule has 0 aliphatic carbocycles. The summed E-state index contributed by atoms with van der Waals surface area (Å²) in [4.78, 5) is 12.2. The first-order valence-corrected chi connectivity index (χ1v) is 10.6. The van der Waals surface area contributed by atoms with Crippen LogP contribution in [0.25, 0.3) is 0 Å². The Kier molecular flexibility index (Phi) is 6.19. The Morgan fingerprint density at radius 1 is 0.862 bits per heavy atom. The third-order valence-corrected chi connectivity index (χ3v) is 5.17. The Labute approximate surface area is 169 Å². The highest BCUT2D eigenvalue weighted by Crippen LogP contribution is 2.28. The van der Waals surface area contributed by atoms with Gasteiger partial charge in [-0.15, -0.1) is 0 Å². The van der Waals surface area contributed by atoms with Gasteiger partial charge >= 0.3 is 5.97 Å². The van der Waals surface area contributed by atoms with Crippen molar-refractivity contribution in [3.63, 3.8) is 0 Å². The summed E-state index contributed by atoms with van der Waals surface area (Å²) in [6.45, 7) is 0.194. The van der Waals surface area contributed by atoms with Gasteiger partial charge in [-0.3, -0.25) is 0 Å². The Morgan fingerprint density at radius 2 is 1.52 bits per heavy atom. The molecule has 0 heterocycles. The maximum Gasteiger partial charge on any atom is 0.338 e. The Morgan fingerprint density at radius 3 is 2.14 bits per heavy atom. The quantitative estimate of drug-likeness (QED) is 0.540. The molecule has 0 aliphatic heterocycles. The standard InChI is InChI=1S/C22H20O6S/c1-26-22(23)17-12-19(14-20(13-17)28-18-6-4-3-5-7-18)27-15-16-8-10-21(11-9-16)29(2,24)25/h3-14H,15H2,1-2H3. The molecule has 0 bridgehead atoms. The molecule has 0 radical (unpaired) electrons. The first-order valence-electron chi connectivity index (χ1n) is 8.73. The van der Waals surface area contributed by atoms with Gasteiger partial charge in [-0.2, -0.15) is 0 Å². The van der Waals surface area contributed by atoms with E-state index < -0.39 is 15.8 Å². The van der Waals surface area contributed by atoms with Crippen molar-refractivity contribution in [2.24, 2.45) is 0 Å². The van der Waals surface area contributed by atoms with Crippen LogP contribution in [-0.4, -0.2) is 27.8 Å². The van der Waals surface area contributed by atoms with Gasteiger partial charge < -0.3 is 14.2 Å². The van der Waals surface area contributed by atoms with Gasteiger partial charge in [-0.05, 0) is 42.0 Å². The number of para-hydroxylation sites is 1. The zero-order valence-electron chi connectivity index (χ0n) is 16.0. The van der Waals surface area contributed by atoms with Crippen molar-refractivity contribution in [2.45, 2.75) is 11.5 Å². The molecule has 29 heavy (non-hydrogen) atoms. The lowest BCUT2D eigenvalue weighted by atomic mass is 10.2. The summed E-state index contributed by atoms with van der Waals surface area (Å²) in [5, 5.41) is 0. The van der Waals surface area contributed by atoms with Crippen LogP contribution < -0.4 is 9.47 Å². The Hall–Kier alpha value is -3.32. The molecular weight excluding hydrogens is 392 g/mol. The molecule has 0 saturated carbocycles. The van der Waals surface area contributed by atoms with Gasteiger partial charge in [0.2, 0.25) is 0 Å². The number of carbonyl (C=O) groups excluding carboxylic acids is 1. The number of esters is 1. The van der Waals surface area contributed by atoms with E-state index in [0.717, 1.165) is 11.8 Å². The molecule has 7 heteroatoms. The van der Waals surface area contributed by atoms with Crippen LogP contribution in [0.15, 0.2) is 77.7 Å². The zero-order valence-corrected chi connectivity index (χ0v) is 16.8. The second-order valence-corrected chi connectivity index (χ2v) is 8.32. The van der Waals surface area contributed by atoms with E-state index in [4.69, 9.17) is 14.2 Å². The maximum atomic E-state index is 12.0. The first-order chi connectivity index (χ1) is 13.8. The van der Waals surface area contributed by atoms with Crippen LogP contribution in [0.2, 0.25) is 0 Å². The average molecular weight is 412 g/mol. The molecule has 0 saturated heterocycles. The monoisotopic (exact) mass is 412 g/mol. The van der Waals surface area contributed by atoms with Crippen LogP contribution in [0.3, 0.4) is 0 Å². The minimum Gasteiger partial charge on any atom is -0.489 e. The molecule has 0 aromatic heterocycles. The highest BCUT2D eigenvalue weighted by atomic mass is 32.2.